The van der Waals surface area contributed by atoms with Crippen LogP contribution in [0.2, 0.25) is 0 Å². The molecule has 2 N–H and O–H groups in total. The summed E-state index contributed by atoms with van der Waals surface area (Å²) in [5.74, 6) is 0.855. The number of allylic oxidation sites excluding steroid dienone is 3. The van der Waals surface area contributed by atoms with Crippen molar-refractivity contribution in [2.24, 2.45) is 0 Å². The third kappa shape index (κ3) is 5.43. The standard InChI is InChI=1S/C26H34ClN5O4/c1-5-28-26(34)25-30-29-24(19-13-18(16(2)3)23(35-4)14-22(19)33)32(25)21-7-6-17(12-20(21)27)15-31-8-10-36-11-9-31/h12-14,16,33H,5-11,15H2,1-4H3,(H,28,34). The van der Waals surface area contributed by atoms with E-state index in [1.807, 2.05) is 32.9 Å². The number of nitrogens with one attached hydrogen (secondary N) is 1. The molecule has 0 unspecified atom stereocenters. The Morgan fingerprint density at radius 1 is 1.25 bits per heavy atom. The molecular formula is C26H34ClN5O4. The van der Waals surface area contributed by atoms with Crippen molar-refractivity contribution in [3.63, 3.8) is 0 Å². The van der Waals surface area contributed by atoms with Gasteiger partial charge in [-0.25, -0.2) is 0 Å². The monoisotopic (exact) mass is 515 g/mol. The van der Waals surface area contributed by atoms with Gasteiger partial charge in [-0.3, -0.25) is 14.3 Å². The fourth-order valence-electron chi connectivity index (χ4n) is 4.62. The number of rotatable bonds is 8. The molecule has 4 rings (SSSR count). The maximum Gasteiger partial charge on any atom is 0.289 e. The van der Waals surface area contributed by atoms with Crippen LogP contribution in [0.15, 0.2) is 28.8 Å². The van der Waals surface area contributed by atoms with Gasteiger partial charge in [-0.05, 0) is 43.4 Å². The van der Waals surface area contributed by atoms with Gasteiger partial charge in [0.2, 0.25) is 5.82 Å². The second-order valence-corrected chi connectivity index (χ2v) is 9.70. The molecule has 2 aromatic rings. The second-order valence-electron chi connectivity index (χ2n) is 9.29. The number of morpholine rings is 1. The average molecular weight is 516 g/mol. The quantitative estimate of drug-likeness (QED) is 0.548. The fraction of sp³-hybridized carbons (Fsp3) is 0.500. The number of carbonyl (C=O) groups excluding carboxylic acids is 1. The Bertz CT molecular complexity index is 1180. The highest BCUT2D eigenvalue weighted by molar-refractivity contribution is 6.34. The molecule has 194 valence electrons. The van der Waals surface area contributed by atoms with Crippen molar-refractivity contribution in [3.8, 4) is 22.9 Å². The summed E-state index contributed by atoms with van der Waals surface area (Å²) in [5, 5.41) is 22.8. The van der Waals surface area contributed by atoms with E-state index in [9.17, 15) is 9.90 Å². The van der Waals surface area contributed by atoms with Crippen LogP contribution in [0.1, 0.15) is 55.7 Å². The Morgan fingerprint density at radius 3 is 2.64 bits per heavy atom. The molecule has 1 amide bonds. The summed E-state index contributed by atoms with van der Waals surface area (Å²) in [6.45, 7) is 10.5. The van der Waals surface area contributed by atoms with Crippen LogP contribution in [-0.2, 0) is 4.74 Å². The first-order valence-corrected chi connectivity index (χ1v) is 12.7. The number of hydrogen-bond donors (Lipinski definition) is 2. The number of carbonyl (C=O) groups is 1. The normalized spacial score (nSPS) is 16.9. The highest BCUT2D eigenvalue weighted by atomic mass is 35.5. The SMILES string of the molecule is CCNC(=O)c1nnc(-c2cc(C(C)C)c(OC)cc2O)n1C1=C(Cl)C=C(CN2CCOCC2)CC1. The summed E-state index contributed by atoms with van der Waals surface area (Å²) in [7, 11) is 1.57. The lowest BCUT2D eigenvalue weighted by Crippen LogP contribution is -2.37. The van der Waals surface area contributed by atoms with Crippen molar-refractivity contribution in [2.75, 3.05) is 46.5 Å². The average Bonchev–Trinajstić information content (AvgIpc) is 3.29. The molecular weight excluding hydrogens is 482 g/mol. The maximum absolute atomic E-state index is 12.9. The van der Waals surface area contributed by atoms with Crippen LogP contribution in [0, 0.1) is 0 Å². The van der Waals surface area contributed by atoms with Gasteiger partial charge < -0.3 is 19.9 Å². The topological polar surface area (TPSA) is 102 Å². The summed E-state index contributed by atoms with van der Waals surface area (Å²) < 4.78 is 12.6. The zero-order valence-corrected chi connectivity index (χ0v) is 22.1. The van der Waals surface area contributed by atoms with Crippen LogP contribution < -0.4 is 10.1 Å². The van der Waals surface area contributed by atoms with Gasteiger partial charge in [-0.2, -0.15) is 0 Å². The summed E-state index contributed by atoms with van der Waals surface area (Å²) in [6, 6.07) is 3.42. The van der Waals surface area contributed by atoms with E-state index in [1.165, 1.54) is 5.57 Å². The molecule has 10 heteroatoms. The van der Waals surface area contributed by atoms with Crippen LogP contribution in [-0.4, -0.2) is 77.2 Å². The first-order chi connectivity index (χ1) is 17.3. The number of halogens is 1. The van der Waals surface area contributed by atoms with Crippen LogP contribution >= 0.6 is 11.6 Å². The highest BCUT2D eigenvalue weighted by Crippen LogP contribution is 2.40. The number of phenols is 1. The van der Waals surface area contributed by atoms with Crippen molar-refractivity contribution >= 4 is 23.2 Å². The van der Waals surface area contributed by atoms with Gasteiger partial charge in [0, 0.05) is 37.9 Å². The minimum atomic E-state index is -0.353. The van der Waals surface area contributed by atoms with Gasteiger partial charge in [0.1, 0.15) is 11.5 Å². The van der Waals surface area contributed by atoms with Gasteiger partial charge in [-0.15, -0.1) is 10.2 Å². The molecule has 1 aromatic carbocycles. The number of benzene rings is 1. The van der Waals surface area contributed by atoms with Crippen LogP contribution in [0.4, 0.5) is 0 Å². The Hall–Kier alpha value is -2.88. The molecule has 0 radical (unpaired) electrons. The number of phenolic OH excluding ortho intramolecular Hbond substituents is 1. The fourth-order valence-corrected chi connectivity index (χ4v) is 4.95. The van der Waals surface area contributed by atoms with Gasteiger partial charge in [0.25, 0.3) is 5.91 Å². The minimum absolute atomic E-state index is 0.0107. The van der Waals surface area contributed by atoms with Crippen LogP contribution in [0.25, 0.3) is 17.1 Å². The smallest absolute Gasteiger partial charge is 0.289 e. The van der Waals surface area contributed by atoms with Gasteiger partial charge in [-0.1, -0.05) is 31.0 Å². The summed E-state index contributed by atoms with van der Waals surface area (Å²) in [6.07, 6.45) is 3.39. The molecule has 0 saturated carbocycles. The molecule has 2 aliphatic rings. The Labute approximate surface area is 216 Å². The first kappa shape index (κ1) is 26.2. The van der Waals surface area contributed by atoms with E-state index in [1.54, 1.807) is 17.7 Å². The number of ether oxygens (including phenoxy) is 2. The largest absolute Gasteiger partial charge is 0.507 e. The van der Waals surface area contributed by atoms with E-state index < -0.39 is 0 Å². The summed E-state index contributed by atoms with van der Waals surface area (Å²) in [4.78, 5) is 15.3. The predicted molar refractivity (Wildman–Crippen MR) is 139 cm³/mol. The van der Waals surface area contributed by atoms with Crippen LogP contribution in [0.5, 0.6) is 11.5 Å². The van der Waals surface area contributed by atoms with Crippen LogP contribution in [0.3, 0.4) is 0 Å². The zero-order chi connectivity index (χ0) is 25.8. The third-order valence-corrected chi connectivity index (χ3v) is 6.83. The van der Waals surface area contributed by atoms with Crippen molar-refractivity contribution < 1.29 is 19.4 Å². The molecule has 36 heavy (non-hydrogen) atoms. The van der Waals surface area contributed by atoms with Gasteiger partial charge in [0.15, 0.2) is 5.82 Å². The lowest BCUT2D eigenvalue weighted by Gasteiger charge is -2.29. The number of amides is 1. The lowest BCUT2D eigenvalue weighted by molar-refractivity contribution is 0.0419. The first-order valence-electron chi connectivity index (χ1n) is 12.4. The van der Waals surface area contributed by atoms with Crippen molar-refractivity contribution in [3.05, 3.63) is 40.2 Å². The number of nitrogens with zero attached hydrogens (tertiary/aromatic N) is 4. The molecule has 0 bridgehead atoms. The number of hydrogen-bond acceptors (Lipinski definition) is 7. The number of aromatic hydroxyl groups is 1. The number of aromatic nitrogens is 3. The van der Waals surface area contributed by atoms with Crippen molar-refractivity contribution in [1.82, 2.24) is 25.0 Å². The maximum atomic E-state index is 12.9. The molecule has 1 aromatic heterocycles. The van der Waals surface area contributed by atoms with Crippen molar-refractivity contribution in [2.45, 2.75) is 39.5 Å². The Balaban J connectivity index is 1.80. The van der Waals surface area contributed by atoms with Crippen molar-refractivity contribution in [1.29, 1.82) is 0 Å². The molecule has 1 saturated heterocycles. The minimum Gasteiger partial charge on any atom is -0.507 e. The predicted octanol–water partition coefficient (Wildman–Crippen LogP) is 3.99. The van der Waals surface area contributed by atoms with E-state index in [0.717, 1.165) is 50.5 Å². The molecule has 1 aliphatic heterocycles. The Morgan fingerprint density at radius 2 is 2.00 bits per heavy atom. The highest BCUT2D eigenvalue weighted by Gasteiger charge is 2.28. The lowest BCUT2D eigenvalue weighted by atomic mass is 9.98. The molecule has 9 nitrogen and oxygen atoms in total. The van der Waals surface area contributed by atoms with E-state index in [4.69, 9.17) is 21.1 Å². The molecule has 0 atom stereocenters. The molecule has 2 heterocycles. The molecule has 0 spiro atoms. The van der Waals surface area contributed by atoms with E-state index in [2.05, 4.69) is 20.4 Å². The molecule has 1 fully saturated rings. The van der Waals surface area contributed by atoms with E-state index in [0.29, 0.717) is 35.1 Å². The van der Waals surface area contributed by atoms with Gasteiger partial charge in [0.05, 0.1) is 30.9 Å². The van der Waals surface area contributed by atoms with E-state index >= 15 is 0 Å². The second kappa shape index (κ2) is 11.5. The third-order valence-electron chi connectivity index (χ3n) is 6.50. The summed E-state index contributed by atoms with van der Waals surface area (Å²) >= 11 is 6.84. The Kier molecular flexibility index (Phi) is 8.33. The summed E-state index contributed by atoms with van der Waals surface area (Å²) in [5.41, 5.74) is 3.33. The molecule has 1 aliphatic carbocycles. The van der Waals surface area contributed by atoms with E-state index in [-0.39, 0.29) is 23.4 Å². The van der Waals surface area contributed by atoms with Gasteiger partial charge >= 0.3 is 0 Å². The zero-order valence-electron chi connectivity index (χ0n) is 21.3. The number of methoxy groups -OCH3 is 1.